The Labute approximate surface area is 64.2 Å². The molecular formula is C9H7O2+. The number of carbonyl (C=O) groups is 1. The van der Waals surface area contributed by atoms with E-state index in [1.807, 2.05) is 18.2 Å². The van der Waals surface area contributed by atoms with Gasteiger partial charge in [-0.1, -0.05) is 6.08 Å². The molecule has 0 aliphatic heterocycles. The second-order valence-electron chi connectivity index (χ2n) is 2.43. The molecule has 0 saturated heterocycles. The lowest BCUT2D eigenvalue weighted by Crippen LogP contribution is -2.02. The highest BCUT2D eigenvalue weighted by atomic mass is 16.3. The van der Waals surface area contributed by atoms with Crippen LogP contribution in [0.5, 0.6) is 0 Å². The molecule has 2 nitrogen and oxygen atoms in total. The van der Waals surface area contributed by atoms with E-state index in [1.165, 1.54) is 6.26 Å². The molecule has 0 spiro atoms. The van der Waals surface area contributed by atoms with Crippen LogP contribution in [0.25, 0.3) is 6.08 Å². The third kappa shape index (κ3) is 0.963. The van der Waals surface area contributed by atoms with Crippen LogP contribution in [0.1, 0.15) is 22.5 Å². The van der Waals surface area contributed by atoms with Crippen molar-refractivity contribution in [2.45, 2.75) is 6.42 Å². The summed E-state index contributed by atoms with van der Waals surface area (Å²) in [7, 11) is 0. The summed E-state index contributed by atoms with van der Waals surface area (Å²) in [5, 5.41) is 0. The number of allylic oxidation sites excluding steroid dienone is 1. The largest absolute Gasteiger partial charge is 0.402 e. The number of carbonyl (C=O) groups excluding carboxylic acids is 1. The van der Waals surface area contributed by atoms with Gasteiger partial charge in [0.15, 0.2) is 0 Å². The van der Waals surface area contributed by atoms with Crippen molar-refractivity contribution < 1.29 is 9.21 Å². The average Bonchev–Trinajstić information content (AvgIpc) is 2.06. The number of fused-ring (bicyclic) bond motifs is 1. The zero-order chi connectivity index (χ0) is 7.68. The maximum Gasteiger partial charge on any atom is 0.402 e. The maximum absolute atomic E-state index is 11.1. The lowest BCUT2D eigenvalue weighted by atomic mass is 10.0. The van der Waals surface area contributed by atoms with Crippen LogP contribution < -0.4 is 0 Å². The molecular weight excluding hydrogens is 140 g/mol. The van der Waals surface area contributed by atoms with Crippen LogP contribution in [0, 0.1) is 0 Å². The minimum Gasteiger partial charge on any atom is -0.284 e. The van der Waals surface area contributed by atoms with Crippen LogP contribution in [0.2, 0.25) is 0 Å². The standard InChI is InChI=1S/C9H7O2/c10-8-5-1-3-7-4-2-6-11-9(7)8/h1-4,6H,5H2/q+1. The van der Waals surface area contributed by atoms with Gasteiger partial charge in [-0.15, -0.1) is 0 Å². The number of hydrogen-bond donors (Lipinski definition) is 0. The molecule has 1 aromatic rings. The lowest BCUT2D eigenvalue weighted by Gasteiger charge is -1.96. The highest BCUT2D eigenvalue weighted by Crippen LogP contribution is 2.17. The summed E-state index contributed by atoms with van der Waals surface area (Å²) in [5.74, 6) is 0.540. The Kier molecular flexibility index (Phi) is 1.32. The Morgan fingerprint density at radius 1 is 1.45 bits per heavy atom. The average molecular weight is 147 g/mol. The molecule has 0 unspecified atom stereocenters. The predicted molar refractivity (Wildman–Crippen MR) is 41.1 cm³/mol. The van der Waals surface area contributed by atoms with E-state index in [0.29, 0.717) is 12.2 Å². The Balaban J connectivity index is 2.63. The van der Waals surface area contributed by atoms with E-state index in [-0.39, 0.29) is 5.78 Å². The smallest absolute Gasteiger partial charge is 0.284 e. The first-order valence-electron chi connectivity index (χ1n) is 3.48. The summed E-state index contributed by atoms with van der Waals surface area (Å²) in [6, 6.07) is 3.65. The van der Waals surface area contributed by atoms with Crippen LogP contribution in [0.15, 0.2) is 28.9 Å². The van der Waals surface area contributed by atoms with Crippen LogP contribution >= 0.6 is 0 Å². The zero-order valence-corrected chi connectivity index (χ0v) is 5.91. The summed E-state index contributed by atoms with van der Waals surface area (Å²) in [6.07, 6.45) is 5.73. The van der Waals surface area contributed by atoms with Gasteiger partial charge in [-0.05, 0) is 12.1 Å². The van der Waals surface area contributed by atoms with Crippen molar-refractivity contribution in [3.05, 3.63) is 35.8 Å². The SMILES string of the molecule is O=C1CC=Cc2ccc[o+]c21. The summed E-state index contributed by atoms with van der Waals surface area (Å²) in [6.45, 7) is 0. The second kappa shape index (κ2) is 2.31. The zero-order valence-electron chi connectivity index (χ0n) is 5.91. The topological polar surface area (TPSA) is 28.4 Å². The maximum atomic E-state index is 11.1. The molecule has 0 N–H and O–H groups in total. The minimum absolute atomic E-state index is 0.0584. The Morgan fingerprint density at radius 2 is 2.36 bits per heavy atom. The van der Waals surface area contributed by atoms with Crippen molar-refractivity contribution >= 4 is 11.9 Å². The number of Topliss-reactive ketones (excluding diaryl/α,β-unsaturated/α-hetero) is 1. The van der Waals surface area contributed by atoms with E-state index in [9.17, 15) is 4.79 Å². The molecule has 1 aliphatic rings. The quantitative estimate of drug-likeness (QED) is 0.526. The monoisotopic (exact) mass is 147 g/mol. The highest BCUT2D eigenvalue weighted by molar-refractivity contribution is 5.99. The fourth-order valence-corrected chi connectivity index (χ4v) is 1.14. The van der Waals surface area contributed by atoms with E-state index < -0.39 is 0 Å². The number of hydrogen-bond acceptors (Lipinski definition) is 1. The molecule has 1 aliphatic carbocycles. The van der Waals surface area contributed by atoms with Crippen molar-refractivity contribution in [3.8, 4) is 0 Å². The lowest BCUT2D eigenvalue weighted by molar-refractivity contribution is 0.0965. The van der Waals surface area contributed by atoms with Gasteiger partial charge in [0.25, 0.3) is 5.78 Å². The van der Waals surface area contributed by atoms with Gasteiger partial charge in [-0.25, -0.2) is 4.42 Å². The summed E-state index contributed by atoms with van der Waals surface area (Å²) < 4.78 is 5.06. The molecule has 0 saturated carbocycles. The molecule has 0 bridgehead atoms. The first-order chi connectivity index (χ1) is 5.38. The van der Waals surface area contributed by atoms with Crippen LogP contribution in [-0.4, -0.2) is 5.78 Å². The van der Waals surface area contributed by atoms with Gasteiger partial charge in [-0.2, -0.15) is 0 Å². The van der Waals surface area contributed by atoms with E-state index in [2.05, 4.69) is 0 Å². The van der Waals surface area contributed by atoms with Crippen molar-refractivity contribution in [1.82, 2.24) is 0 Å². The van der Waals surface area contributed by atoms with Gasteiger partial charge in [0.05, 0.1) is 5.56 Å². The molecule has 2 heteroatoms. The summed E-state index contributed by atoms with van der Waals surface area (Å²) in [4.78, 5) is 11.1. The molecule has 0 radical (unpaired) electrons. The van der Waals surface area contributed by atoms with Crippen molar-refractivity contribution in [2.24, 2.45) is 0 Å². The van der Waals surface area contributed by atoms with Crippen molar-refractivity contribution in [2.75, 3.05) is 0 Å². The number of ketones is 1. The van der Waals surface area contributed by atoms with Crippen molar-refractivity contribution in [1.29, 1.82) is 0 Å². The molecule has 0 amide bonds. The van der Waals surface area contributed by atoms with Gasteiger partial charge >= 0.3 is 12.0 Å². The molecule has 0 atom stereocenters. The van der Waals surface area contributed by atoms with Crippen LogP contribution in [0.3, 0.4) is 0 Å². The first-order valence-corrected chi connectivity index (χ1v) is 3.48. The van der Waals surface area contributed by atoms with E-state index in [0.717, 1.165) is 5.56 Å². The molecule has 54 valence electrons. The Morgan fingerprint density at radius 3 is 3.18 bits per heavy atom. The third-order valence-corrected chi connectivity index (χ3v) is 1.66. The first kappa shape index (κ1) is 6.28. The van der Waals surface area contributed by atoms with Crippen LogP contribution in [0.4, 0.5) is 0 Å². The summed E-state index contributed by atoms with van der Waals surface area (Å²) >= 11 is 0. The predicted octanol–water partition coefficient (Wildman–Crippen LogP) is 2.16. The normalized spacial score (nSPS) is 14.7. The molecule has 1 aromatic heterocycles. The number of rotatable bonds is 0. The summed E-state index contributed by atoms with van der Waals surface area (Å²) in [5.41, 5.74) is 0.878. The molecule has 0 fully saturated rings. The molecule has 2 rings (SSSR count). The van der Waals surface area contributed by atoms with Crippen LogP contribution in [-0.2, 0) is 0 Å². The van der Waals surface area contributed by atoms with E-state index >= 15 is 0 Å². The molecule has 1 heterocycles. The van der Waals surface area contributed by atoms with Crippen molar-refractivity contribution in [3.63, 3.8) is 0 Å². The second-order valence-corrected chi connectivity index (χ2v) is 2.43. The fraction of sp³-hybridized carbons (Fsp3) is 0.111. The minimum atomic E-state index is 0.0584. The third-order valence-electron chi connectivity index (χ3n) is 1.66. The van der Waals surface area contributed by atoms with Gasteiger partial charge < -0.3 is 0 Å². The fourth-order valence-electron chi connectivity index (χ4n) is 1.14. The van der Waals surface area contributed by atoms with E-state index in [4.69, 9.17) is 4.42 Å². The molecule has 11 heavy (non-hydrogen) atoms. The Bertz CT molecular complexity index is 326. The Hall–Kier alpha value is -1.44. The molecule has 0 aromatic carbocycles. The van der Waals surface area contributed by atoms with Gasteiger partial charge in [-0.3, -0.25) is 4.79 Å². The van der Waals surface area contributed by atoms with Gasteiger partial charge in [0.2, 0.25) is 0 Å². The highest BCUT2D eigenvalue weighted by Gasteiger charge is 2.24. The van der Waals surface area contributed by atoms with E-state index in [1.54, 1.807) is 6.07 Å². The van der Waals surface area contributed by atoms with Gasteiger partial charge in [0, 0.05) is 12.5 Å². The van der Waals surface area contributed by atoms with Gasteiger partial charge in [0.1, 0.15) is 0 Å².